The summed E-state index contributed by atoms with van der Waals surface area (Å²) >= 11 is 0. The molecule has 0 aliphatic rings. The van der Waals surface area contributed by atoms with Crippen molar-refractivity contribution < 1.29 is 8.83 Å². The first-order chi connectivity index (χ1) is 22.8. The summed E-state index contributed by atoms with van der Waals surface area (Å²) < 4.78 is 13.3. The van der Waals surface area contributed by atoms with Crippen molar-refractivity contribution in [2.24, 2.45) is 0 Å². The van der Waals surface area contributed by atoms with E-state index in [9.17, 15) is 0 Å². The summed E-state index contributed by atoms with van der Waals surface area (Å²) in [6.07, 6.45) is 0. The third kappa shape index (κ3) is 3.65. The van der Waals surface area contributed by atoms with Crippen LogP contribution in [0.3, 0.4) is 0 Å². The van der Waals surface area contributed by atoms with Crippen LogP contribution >= 0.6 is 0 Å². The van der Waals surface area contributed by atoms with E-state index in [0.717, 1.165) is 49.8 Å². The maximum absolute atomic E-state index is 6.76. The van der Waals surface area contributed by atoms with E-state index in [2.05, 4.69) is 140 Å². The van der Waals surface area contributed by atoms with Gasteiger partial charge in [-0.05, 0) is 67.7 Å². The number of fused-ring (bicyclic) bond motifs is 8. The molecule has 0 aliphatic carbocycles. The molecule has 0 fully saturated rings. The minimum atomic E-state index is 0.824. The average molecular weight is 587 g/mol. The maximum atomic E-state index is 6.76. The van der Waals surface area contributed by atoms with Gasteiger partial charge in [0, 0.05) is 27.5 Å². The minimum Gasteiger partial charge on any atom is -0.455 e. The van der Waals surface area contributed by atoms with Crippen molar-refractivity contribution in [2.75, 3.05) is 0 Å². The molecule has 0 aliphatic heterocycles. The summed E-state index contributed by atoms with van der Waals surface area (Å²) in [6, 6.07) is 56.0. The van der Waals surface area contributed by atoms with Gasteiger partial charge >= 0.3 is 0 Å². The van der Waals surface area contributed by atoms with Gasteiger partial charge in [-0.3, -0.25) is 0 Å². The van der Waals surface area contributed by atoms with Crippen molar-refractivity contribution in [3.05, 3.63) is 158 Å². The molecule has 0 amide bonds. The summed E-state index contributed by atoms with van der Waals surface area (Å²) in [6.45, 7) is 0. The van der Waals surface area contributed by atoms with Crippen LogP contribution in [-0.4, -0.2) is 0 Å². The molecular weight excluding hydrogens is 560 g/mol. The van der Waals surface area contributed by atoms with E-state index in [1.165, 1.54) is 49.0 Å². The molecule has 10 aromatic rings. The lowest BCUT2D eigenvalue weighted by atomic mass is 9.85. The molecule has 0 atom stereocenters. The molecule has 2 heterocycles. The summed E-state index contributed by atoms with van der Waals surface area (Å²) in [5.74, 6) is 0.856. The van der Waals surface area contributed by atoms with E-state index >= 15 is 0 Å². The van der Waals surface area contributed by atoms with Gasteiger partial charge in [0.05, 0.1) is 5.39 Å². The lowest BCUT2D eigenvalue weighted by Crippen LogP contribution is -1.91. The van der Waals surface area contributed by atoms with Crippen LogP contribution < -0.4 is 0 Å². The predicted octanol–water partition coefficient (Wildman–Crippen LogP) is 12.8. The molecule has 0 N–H and O–H groups in total. The quantitative estimate of drug-likeness (QED) is 0.193. The Morgan fingerprint density at radius 1 is 0.348 bits per heavy atom. The summed E-state index contributed by atoms with van der Waals surface area (Å²) in [5, 5.41) is 10.5. The second-order valence-electron chi connectivity index (χ2n) is 12.0. The van der Waals surface area contributed by atoms with Crippen LogP contribution in [0.15, 0.2) is 167 Å². The zero-order valence-electron chi connectivity index (χ0n) is 24.8. The molecule has 46 heavy (non-hydrogen) atoms. The monoisotopic (exact) mass is 586 g/mol. The molecule has 0 bridgehead atoms. The van der Waals surface area contributed by atoms with Crippen LogP contribution in [0, 0.1) is 0 Å². The van der Waals surface area contributed by atoms with Crippen LogP contribution in [0.1, 0.15) is 0 Å². The van der Waals surface area contributed by atoms with Crippen molar-refractivity contribution >= 4 is 65.2 Å². The van der Waals surface area contributed by atoms with Gasteiger partial charge in [-0.15, -0.1) is 0 Å². The maximum Gasteiger partial charge on any atom is 0.146 e. The average Bonchev–Trinajstić information content (AvgIpc) is 3.73. The zero-order chi connectivity index (χ0) is 30.2. The summed E-state index contributed by atoms with van der Waals surface area (Å²) in [7, 11) is 0. The molecule has 0 saturated heterocycles. The number of benzene rings is 8. The van der Waals surface area contributed by atoms with E-state index in [-0.39, 0.29) is 0 Å². The van der Waals surface area contributed by atoms with Gasteiger partial charge in [0.2, 0.25) is 0 Å². The van der Waals surface area contributed by atoms with E-state index in [0.29, 0.717) is 0 Å². The third-order valence-corrected chi connectivity index (χ3v) is 9.44. The fraction of sp³-hybridized carbons (Fsp3) is 0. The molecule has 0 radical (unpaired) electrons. The van der Waals surface area contributed by atoms with Gasteiger partial charge < -0.3 is 8.83 Å². The topological polar surface area (TPSA) is 26.3 Å². The third-order valence-electron chi connectivity index (χ3n) is 9.44. The van der Waals surface area contributed by atoms with E-state index in [1.54, 1.807) is 0 Å². The first kappa shape index (κ1) is 25.2. The number of para-hydroxylation sites is 1. The molecule has 2 aromatic heterocycles. The van der Waals surface area contributed by atoms with Crippen LogP contribution in [0.2, 0.25) is 0 Å². The van der Waals surface area contributed by atoms with Crippen LogP contribution in [0.4, 0.5) is 0 Å². The highest BCUT2D eigenvalue weighted by atomic mass is 16.3. The molecular formula is C44H26O2. The predicted molar refractivity (Wildman–Crippen MR) is 192 cm³/mol. The largest absolute Gasteiger partial charge is 0.455 e. The normalized spacial score (nSPS) is 11.9. The van der Waals surface area contributed by atoms with E-state index < -0.39 is 0 Å². The number of hydrogen-bond acceptors (Lipinski definition) is 2. The van der Waals surface area contributed by atoms with Crippen molar-refractivity contribution in [3.63, 3.8) is 0 Å². The van der Waals surface area contributed by atoms with Crippen LogP contribution in [0.5, 0.6) is 0 Å². The van der Waals surface area contributed by atoms with Crippen LogP contribution in [0.25, 0.3) is 98.8 Å². The SMILES string of the molecule is c1ccc(-c2cc3ccc4oc5c(-c6c7ccccc7c(-c7ccc8ccccc8c7)c7ccccc67)cccc5c4c3o2)cc1. The zero-order valence-corrected chi connectivity index (χ0v) is 24.8. The van der Waals surface area contributed by atoms with E-state index in [4.69, 9.17) is 8.83 Å². The van der Waals surface area contributed by atoms with Gasteiger partial charge in [0.1, 0.15) is 22.5 Å². The van der Waals surface area contributed by atoms with Gasteiger partial charge in [0.25, 0.3) is 0 Å². The smallest absolute Gasteiger partial charge is 0.146 e. The number of furan rings is 2. The fourth-order valence-corrected chi connectivity index (χ4v) is 7.39. The van der Waals surface area contributed by atoms with Crippen molar-refractivity contribution in [1.29, 1.82) is 0 Å². The highest BCUT2D eigenvalue weighted by Crippen LogP contribution is 2.47. The van der Waals surface area contributed by atoms with Gasteiger partial charge in [-0.1, -0.05) is 133 Å². The minimum absolute atomic E-state index is 0.824. The molecule has 0 unspecified atom stereocenters. The molecule has 8 aromatic carbocycles. The van der Waals surface area contributed by atoms with Crippen molar-refractivity contribution in [3.8, 4) is 33.6 Å². The lowest BCUT2D eigenvalue weighted by molar-refractivity contribution is 0.633. The summed E-state index contributed by atoms with van der Waals surface area (Å²) in [4.78, 5) is 0. The van der Waals surface area contributed by atoms with Gasteiger partial charge in [-0.2, -0.15) is 0 Å². The Hall–Kier alpha value is -6.12. The van der Waals surface area contributed by atoms with Crippen molar-refractivity contribution in [2.45, 2.75) is 0 Å². The van der Waals surface area contributed by atoms with Gasteiger partial charge in [-0.25, -0.2) is 0 Å². The second-order valence-corrected chi connectivity index (χ2v) is 12.0. The Morgan fingerprint density at radius 2 is 0.978 bits per heavy atom. The molecule has 2 nitrogen and oxygen atoms in total. The highest BCUT2D eigenvalue weighted by Gasteiger charge is 2.22. The Balaban J connectivity index is 1.28. The Morgan fingerprint density at radius 3 is 1.74 bits per heavy atom. The first-order valence-electron chi connectivity index (χ1n) is 15.7. The van der Waals surface area contributed by atoms with Gasteiger partial charge in [0.15, 0.2) is 0 Å². The van der Waals surface area contributed by atoms with E-state index in [1.807, 2.05) is 18.2 Å². The molecule has 214 valence electrons. The molecule has 2 heteroatoms. The molecule has 0 spiro atoms. The standard InChI is InChI=1S/C44H26O2/c1-2-12-28(13-3-1)39-26-31-23-24-38-42(43(31)46-39)37-20-10-19-36(44(37)45-38)41-34-17-8-6-15-32(34)40(33-16-7-9-18-35(33)41)30-22-21-27-11-4-5-14-29(27)25-30/h1-26H. The summed E-state index contributed by atoms with van der Waals surface area (Å²) in [5.41, 5.74) is 8.34. The Kier molecular flexibility index (Phi) is 5.31. The Labute approximate surface area is 264 Å². The van der Waals surface area contributed by atoms with Crippen LogP contribution in [-0.2, 0) is 0 Å². The lowest BCUT2D eigenvalue weighted by Gasteiger charge is -2.18. The first-order valence-corrected chi connectivity index (χ1v) is 15.7. The van der Waals surface area contributed by atoms with Crippen molar-refractivity contribution in [1.82, 2.24) is 0 Å². The second kappa shape index (κ2) is 9.69. The number of hydrogen-bond donors (Lipinski definition) is 0. The molecule has 10 rings (SSSR count). The number of rotatable bonds is 3. The molecule has 0 saturated carbocycles. The fourth-order valence-electron chi connectivity index (χ4n) is 7.39. The highest BCUT2D eigenvalue weighted by molar-refractivity contribution is 6.26. The Bertz CT molecular complexity index is 2740.